The lowest BCUT2D eigenvalue weighted by Gasteiger charge is -2.09. The molecule has 1 aromatic rings. The van der Waals surface area contributed by atoms with Crippen molar-refractivity contribution in [3.05, 3.63) is 35.4 Å². The molecule has 0 amide bonds. The van der Waals surface area contributed by atoms with Crippen LogP contribution < -0.4 is 0 Å². The van der Waals surface area contributed by atoms with Gasteiger partial charge in [-0.25, -0.2) is 0 Å². The predicted molar refractivity (Wildman–Crippen MR) is 65.2 cm³/mol. The first kappa shape index (κ1) is 12.8. The van der Waals surface area contributed by atoms with E-state index < -0.39 is 0 Å². The fourth-order valence-electron chi connectivity index (χ4n) is 1.32. The summed E-state index contributed by atoms with van der Waals surface area (Å²) in [5.74, 6) is 0.329. The van der Waals surface area contributed by atoms with E-state index in [-0.39, 0.29) is 11.9 Å². The molecule has 0 aromatic heterocycles. The molecule has 0 atom stereocenters. The Hall–Kier alpha value is -1.31. The molecule has 0 aliphatic heterocycles. The van der Waals surface area contributed by atoms with Crippen molar-refractivity contribution >= 4 is 5.97 Å². The summed E-state index contributed by atoms with van der Waals surface area (Å²) in [6.45, 7) is 8.37. The van der Waals surface area contributed by atoms with Gasteiger partial charge in [0.2, 0.25) is 0 Å². The zero-order chi connectivity index (χ0) is 12.1. The number of hydrogen-bond donors (Lipinski definition) is 0. The first-order valence-electron chi connectivity index (χ1n) is 5.76. The molecule has 0 heterocycles. The molecule has 0 aliphatic rings. The largest absolute Gasteiger partial charge is 0.461 e. The Kier molecular flexibility index (Phi) is 4.53. The van der Waals surface area contributed by atoms with Gasteiger partial charge >= 0.3 is 5.97 Å². The van der Waals surface area contributed by atoms with Crippen LogP contribution in [-0.4, -0.2) is 5.97 Å². The van der Waals surface area contributed by atoms with Crippen molar-refractivity contribution in [1.82, 2.24) is 0 Å². The molecule has 16 heavy (non-hydrogen) atoms. The highest BCUT2D eigenvalue weighted by atomic mass is 16.5. The van der Waals surface area contributed by atoms with Crippen LogP contribution in [0.3, 0.4) is 0 Å². The topological polar surface area (TPSA) is 26.3 Å². The van der Waals surface area contributed by atoms with Gasteiger partial charge < -0.3 is 4.74 Å². The normalized spacial score (nSPS) is 10.9. The third-order valence-corrected chi connectivity index (χ3v) is 2.50. The summed E-state index contributed by atoms with van der Waals surface area (Å²) in [7, 11) is 0. The second kappa shape index (κ2) is 5.69. The molecule has 0 unspecified atom stereocenters. The van der Waals surface area contributed by atoms with Gasteiger partial charge in [0.25, 0.3) is 0 Å². The lowest BCUT2D eigenvalue weighted by atomic mass is 10.0. The zero-order valence-corrected chi connectivity index (χ0v) is 10.5. The van der Waals surface area contributed by atoms with E-state index >= 15 is 0 Å². The molecule has 2 heteroatoms. The second-order valence-electron chi connectivity index (χ2n) is 4.66. The van der Waals surface area contributed by atoms with E-state index in [2.05, 4.69) is 26.0 Å². The summed E-state index contributed by atoms with van der Waals surface area (Å²) in [5, 5.41) is 0. The number of hydrogen-bond acceptors (Lipinski definition) is 2. The minimum atomic E-state index is -0.145. The number of ether oxygens (including phenoxy) is 1. The molecule has 2 nitrogen and oxygen atoms in total. The molecule has 1 rings (SSSR count). The lowest BCUT2D eigenvalue weighted by Crippen LogP contribution is -2.11. The highest BCUT2D eigenvalue weighted by Gasteiger charge is 2.08. The number of carbonyl (C=O) groups excluding carboxylic acids is 1. The molecule has 0 fully saturated rings. The maximum atomic E-state index is 11.3. The van der Waals surface area contributed by atoms with Crippen LogP contribution in [0.1, 0.15) is 44.7 Å². The van der Waals surface area contributed by atoms with Gasteiger partial charge in [-0.05, 0) is 17.0 Å². The molecular weight excluding hydrogens is 200 g/mol. The van der Waals surface area contributed by atoms with Crippen molar-refractivity contribution < 1.29 is 9.53 Å². The monoisotopic (exact) mass is 220 g/mol. The van der Waals surface area contributed by atoms with Gasteiger partial charge in [-0.15, -0.1) is 0 Å². The number of benzene rings is 1. The second-order valence-corrected chi connectivity index (χ2v) is 4.66. The van der Waals surface area contributed by atoms with Crippen molar-refractivity contribution in [3.8, 4) is 0 Å². The smallest absolute Gasteiger partial charge is 0.308 e. The van der Waals surface area contributed by atoms with Crippen LogP contribution in [0.5, 0.6) is 0 Å². The van der Waals surface area contributed by atoms with Crippen molar-refractivity contribution in [2.45, 2.75) is 40.2 Å². The molecule has 0 spiro atoms. The van der Waals surface area contributed by atoms with E-state index in [0.29, 0.717) is 12.5 Å². The fraction of sp³-hybridized carbons (Fsp3) is 0.500. The van der Waals surface area contributed by atoms with Gasteiger partial charge in [-0.2, -0.15) is 0 Å². The summed E-state index contributed by atoms with van der Waals surface area (Å²) >= 11 is 0. The van der Waals surface area contributed by atoms with Crippen LogP contribution in [0.25, 0.3) is 0 Å². The average molecular weight is 220 g/mol. The Balaban J connectivity index is 2.53. The maximum absolute atomic E-state index is 11.3. The molecule has 0 radical (unpaired) electrons. The number of rotatable bonds is 4. The van der Waals surface area contributed by atoms with Crippen molar-refractivity contribution in [2.24, 2.45) is 5.92 Å². The highest BCUT2D eigenvalue weighted by molar-refractivity contribution is 5.71. The lowest BCUT2D eigenvalue weighted by molar-refractivity contribution is -0.148. The molecular formula is C14H20O2. The quantitative estimate of drug-likeness (QED) is 0.726. The molecule has 0 N–H and O–H groups in total. The van der Waals surface area contributed by atoms with Gasteiger partial charge in [-0.3, -0.25) is 4.79 Å². The SMILES string of the molecule is CC(C)C(=O)OCc1ccc(C(C)C)cc1. The van der Waals surface area contributed by atoms with Crippen LogP contribution in [0.2, 0.25) is 0 Å². The molecule has 88 valence electrons. The van der Waals surface area contributed by atoms with Crippen LogP contribution in [-0.2, 0) is 16.1 Å². The first-order chi connectivity index (χ1) is 7.50. The van der Waals surface area contributed by atoms with E-state index in [4.69, 9.17) is 4.74 Å². The Morgan fingerprint density at radius 3 is 2.12 bits per heavy atom. The third-order valence-electron chi connectivity index (χ3n) is 2.50. The molecule has 0 saturated carbocycles. The van der Waals surface area contributed by atoms with Crippen LogP contribution in [0, 0.1) is 5.92 Å². The van der Waals surface area contributed by atoms with E-state index in [9.17, 15) is 4.79 Å². The molecule has 0 saturated heterocycles. The highest BCUT2D eigenvalue weighted by Crippen LogP contribution is 2.15. The number of esters is 1. The minimum Gasteiger partial charge on any atom is -0.461 e. The Labute approximate surface area is 97.6 Å². The third kappa shape index (κ3) is 3.69. The Morgan fingerprint density at radius 1 is 1.12 bits per heavy atom. The summed E-state index contributed by atoms with van der Waals surface area (Å²) in [4.78, 5) is 11.3. The van der Waals surface area contributed by atoms with Gasteiger partial charge in [0.05, 0.1) is 5.92 Å². The van der Waals surface area contributed by atoms with Gasteiger partial charge in [0.15, 0.2) is 0 Å². The van der Waals surface area contributed by atoms with Crippen molar-refractivity contribution in [3.63, 3.8) is 0 Å². The maximum Gasteiger partial charge on any atom is 0.308 e. The Bertz CT molecular complexity index is 336. The molecule has 1 aromatic carbocycles. The molecule has 0 aliphatic carbocycles. The average Bonchev–Trinajstić information content (AvgIpc) is 2.26. The van der Waals surface area contributed by atoms with E-state index in [1.54, 1.807) is 0 Å². The van der Waals surface area contributed by atoms with E-state index in [0.717, 1.165) is 5.56 Å². The van der Waals surface area contributed by atoms with Crippen molar-refractivity contribution in [1.29, 1.82) is 0 Å². The summed E-state index contributed by atoms with van der Waals surface area (Å²) in [6.07, 6.45) is 0. The van der Waals surface area contributed by atoms with Gasteiger partial charge in [0, 0.05) is 0 Å². The first-order valence-corrected chi connectivity index (χ1v) is 5.76. The van der Waals surface area contributed by atoms with Gasteiger partial charge in [0.1, 0.15) is 6.61 Å². The zero-order valence-electron chi connectivity index (χ0n) is 10.5. The fourth-order valence-corrected chi connectivity index (χ4v) is 1.32. The predicted octanol–water partition coefficient (Wildman–Crippen LogP) is 3.51. The minimum absolute atomic E-state index is 0.0602. The molecule has 0 bridgehead atoms. The Morgan fingerprint density at radius 2 is 1.69 bits per heavy atom. The van der Waals surface area contributed by atoms with E-state index in [1.807, 2.05) is 26.0 Å². The van der Waals surface area contributed by atoms with Crippen LogP contribution in [0.4, 0.5) is 0 Å². The van der Waals surface area contributed by atoms with E-state index in [1.165, 1.54) is 5.56 Å². The summed E-state index contributed by atoms with van der Waals surface area (Å²) in [6, 6.07) is 8.21. The summed E-state index contributed by atoms with van der Waals surface area (Å²) in [5.41, 5.74) is 2.34. The van der Waals surface area contributed by atoms with Crippen LogP contribution in [0.15, 0.2) is 24.3 Å². The number of carbonyl (C=O) groups is 1. The van der Waals surface area contributed by atoms with Crippen molar-refractivity contribution in [2.75, 3.05) is 0 Å². The standard InChI is InChI=1S/C14H20O2/c1-10(2)13-7-5-12(6-8-13)9-16-14(15)11(3)4/h5-8,10-11H,9H2,1-4H3. The van der Waals surface area contributed by atoms with Crippen LogP contribution >= 0.6 is 0 Å². The summed E-state index contributed by atoms with van der Waals surface area (Å²) < 4.78 is 5.15. The van der Waals surface area contributed by atoms with Gasteiger partial charge in [-0.1, -0.05) is 52.0 Å².